The van der Waals surface area contributed by atoms with Crippen LogP contribution in [0.5, 0.6) is 5.75 Å². The van der Waals surface area contributed by atoms with Crippen molar-refractivity contribution in [3.05, 3.63) is 66.2 Å². The molecule has 11 nitrogen and oxygen atoms in total. The molecule has 0 aliphatic carbocycles. The molecule has 1 unspecified atom stereocenters. The van der Waals surface area contributed by atoms with Crippen molar-refractivity contribution in [2.75, 3.05) is 38.3 Å². The quantitative estimate of drug-likeness (QED) is 0.283. The van der Waals surface area contributed by atoms with Gasteiger partial charge < -0.3 is 30.2 Å². The minimum atomic E-state index is -0.113. The van der Waals surface area contributed by atoms with Gasteiger partial charge in [0.25, 0.3) is 5.91 Å². The summed E-state index contributed by atoms with van der Waals surface area (Å²) in [5.74, 6) is 2.42. The summed E-state index contributed by atoms with van der Waals surface area (Å²) < 4.78 is 19.5. The molecule has 3 fully saturated rings. The van der Waals surface area contributed by atoms with Gasteiger partial charge in [0, 0.05) is 74.4 Å². The van der Waals surface area contributed by atoms with Crippen molar-refractivity contribution in [2.45, 2.75) is 50.8 Å². The Bertz CT molecular complexity index is 1570. The fourth-order valence-corrected chi connectivity index (χ4v) is 6.17. The van der Waals surface area contributed by atoms with E-state index >= 15 is 0 Å². The summed E-state index contributed by atoms with van der Waals surface area (Å²) in [7, 11) is 0. The molecule has 0 saturated carbocycles. The van der Waals surface area contributed by atoms with E-state index in [1.807, 2.05) is 36.0 Å². The van der Waals surface area contributed by atoms with Crippen LogP contribution < -0.4 is 20.7 Å². The highest BCUT2D eigenvalue weighted by molar-refractivity contribution is 5.94. The molecule has 4 aromatic rings. The lowest BCUT2D eigenvalue weighted by Crippen LogP contribution is -2.56. The summed E-state index contributed by atoms with van der Waals surface area (Å²) in [6.07, 6.45) is 9.28. The number of amides is 1. The van der Waals surface area contributed by atoms with E-state index in [9.17, 15) is 4.79 Å². The predicted octanol–water partition coefficient (Wildman–Crippen LogP) is 3.90. The second kappa shape index (κ2) is 12.3. The third-order valence-electron chi connectivity index (χ3n) is 8.45. The maximum Gasteiger partial charge on any atom is 0.252 e. The molecule has 3 saturated heterocycles. The van der Waals surface area contributed by atoms with Crippen LogP contribution in [0.2, 0.25) is 0 Å². The van der Waals surface area contributed by atoms with Gasteiger partial charge in [0.2, 0.25) is 0 Å². The molecule has 0 radical (unpaired) electrons. The van der Waals surface area contributed by atoms with Crippen molar-refractivity contribution in [1.82, 2.24) is 30.2 Å². The van der Waals surface area contributed by atoms with Crippen molar-refractivity contribution >= 4 is 23.1 Å². The van der Waals surface area contributed by atoms with Crippen molar-refractivity contribution in [2.24, 2.45) is 5.92 Å². The SMILES string of the molecule is Cc1cc(-c2ccn3nc(Nc4ccc(C(=O)NCC5CCOCC5)cn4)cc3c2)c(OC2C[C@H]3COC[C@@H](C2)N3)cn1. The molecule has 224 valence electrons. The zero-order chi connectivity index (χ0) is 29.2. The number of hydrogen-bond donors (Lipinski definition) is 3. The first-order valence-corrected chi connectivity index (χ1v) is 15.1. The molecule has 43 heavy (non-hydrogen) atoms. The van der Waals surface area contributed by atoms with E-state index in [1.165, 1.54) is 0 Å². The Morgan fingerprint density at radius 3 is 2.65 bits per heavy atom. The number of rotatable bonds is 8. The first kappa shape index (κ1) is 27.8. The number of hydrogen-bond acceptors (Lipinski definition) is 9. The largest absolute Gasteiger partial charge is 0.488 e. The fraction of sp³-hybridized carbons (Fsp3) is 0.438. The minimum absolute atomic E-state index is 0.113. The Morgan fingerprint density at radius 1 is 1.02 bits per heavy atom. The van der Waals surface area contributed by atoms with Crippen molar-refractivity contribution in [1.29, 1.82) is 0 Å². The molecule has 7 rings (SSSR count). The van der Waals surface area contributed by atoms with E-state index in [4.69, 9.17) is 14.2 Å². The number of anilines is 2. The van der Waals surface area contributed by atoms with E-state index in [1.54, 1.807) is 18.3 Å². The van der Waals surface area contributed by atoms with Gasteiger partial charge in [0.05, 0.1) is 30.5 Å². The minimum Gasteiger partial charge on any atom is -0.488 e. The number of pyridine rings is 3. The number of morpholine rings is 1. The van der Waals surface area contributed by atoms with Gasteiger partial charge in [-0.3, -0.25) is 9.78 Å². The maximum atomic E-state index is 12.6. The molecule has 2 bridgehead atoms. The summed E-state index contributed by atoms with van der Waals surface area (Å²) >= 11 is 0. The zero-order valence-electron chi connectivity index (χ0n) is 24.3. The Labute approximate surface area is 250 Å². The molecule has 3 N–H and O–H groups in total. The number of carbonyl (C=O) groups is 1. The van der Waals surface area contributed by atoms with E-state index in [-0.39, 0.29) is 12.0 Å². The first-order chi connectivity index (χ1) is 21.1. The summed E-state index contributed by atoms with van der Waals surface area (Å²) in [5, 5.41) is 14.6. The Kier molecular flexibility index (Phi) is 7.92. The summed E-state index contributed by atoms with van der Waals surface area (Å²) in [6, 6.07) is 12.4. The topological polar surface area (TPSA) is 124 Å². The standard InChI is InChI=1S/C32H37N7O4/c1-20-10-28(29(17-33-20)43-27-12-24-18-42-19-25(13-27)36-24)22-4-7-39-26(11-22)14-31(38-39)37-30-3-2-23(16-34-30)32(40)35-15-21-5-8-41-9-6-21/h2-4,7,10-11,14,16-17,21,24-25,27,36H,5-6,8-9,12-13,15,18-19H2,1H3,(H,35,40)(H,34,37,38)/t24-,25+,27?. The molecule has 3 aliphatic rings. The van der Waals surface area contributed by atoms with Gasteiger partial charge in [0.15, 0.2) is 5.82 Å². The second-order valence-corrected chi connectivity index (χ2v) is 11.8. The molecular weight excluding hydrogens is 546 g/mol. The van der Waals surface area contributed by atoms with Crippen LogP contribution in [0.3, 0.4) is 0 Å². The molecule has 3 atom stereocenters. The normalized spacial score (nSPS) is 22.3. The van der Waals surface area contributed by atoms with Gasteiger partial charge in [0.1, 0.15) is 17.7 Å². The Morgan fingerprint density at radius 2 is 1.86 bits per heavy atom. The molecule has 11 heteroatoms. The number of piperidine rings is 1. The van der Waals surface area contributed by atoms with Crippen LogP contribution in [0, 0.1) is 12.8 Å². The second-order valence-electron chi connectivity index (χ2n) is 11.8. The van der Waals surface area contributed by atoms with Gasteiger partial charge in [-0.05, 0) is 61.6 Å². The lowest BCUT2D eigenvalue weighted by atomic mass is 9.94. The molecule has 0 aromatic carbocycles. The molecule has 4 aromatic heterocycles. The van der Waals surface area contributed by atoms with Crippen molar-refractivity contribution in [3.8, 4) is 16.9 Å². The number of aromatic nitrogens is 4. The van der Waals surface area contributed by atoms with E-state index in [2.05, 4.69) is 43.1 Å². The number of nitrogens with zero attached hydrogens (tertiary/aromatic N) is 4. The van der Waals surface area contributed by atoms with E-state index < -0.39 is 0 Å². The van der Waals surface area contributed by atoms with Crippen molar-refractivity contribution in [3.63, 3.8) is 0 Å². The highest BCUT2D eigenvalue weighted by Crippen LogP contribution is 2.34. The van der Waals surface area contributed by atoms with Crippen LogP contribution in [-0.2, 0) is 9.47 Å². The smallest absolute Gasteiger partial charge is 0.252 e. The van der Waals surface area contributed by atoms with Gasteiger partial charge in [-0.25, -0.2) is 9.50 Å². The maximum absolute atomic E-state index is 12.6. The third kappa shape index (κ3) is 6.48. The molecule has 3 aliphatic heterocycles. The van der Waals surface area contributed by atoms with E-state index in [0.29, 0.717) is 41.7 Å². The average Bonchev–Trinajstić information content (AvgIpc) is 3.43. The third-order valence-corrected chi connectivity index (χ3v) is 8.45. The highest BCUT2D eigenvalue weighted by Gasteiger charge is 2.33. The number of fused-ring (bicyclic) bond motifs is 3. The van der Waals surface area contributed by atoms with Crippen LogP contribution in [0.1, 0.15) is 41.7 Å². The molecular formula is C32H37N7O4. The van der Waals surface area contributed by atoms with Gasteiger partial charge >= 0.3 is 0 Å². The van der Waals surface area contributed by atoms with Gasteiger partial charge in [-0.15, -0.1) is 0 Å². The number of aryl methyl sites for hydroxylation is 1. The van der Waals surface area contributed by atoms with Gasteiger partial charge in [-0.2, -0.15) is 5.10 Å². The number of nitrogens with one attached hydrogen (secondary N) is 3. The summed E-state index contributed by atoms with van der Waals surface area (Å²) in [6.45, 7) is 5.65. The average molecular weight is 584 g/mol. The summed E-state index contributed by atoms with van der Waals surface area (Å²) in [5.41, 5.74) is 4.44. The van der Waals surface area contributed by atoms with Crippen LogP contribution >= 0.6 is 0 Å². The van der Waals surface area contributed by atoms with Crippen LogP contribution in [-0.4, -0.2) is 76.6 Å². The first-order valence-electron chi connectivity index (χ1n) is 15.1. The van der Waals surface area contributed by atoms with Crippen LogP contribution in [0.25, 0.3) is 16.6 Å². The fourth-order valence-electron chi connectivity index (χ4n) is 6.17. The summed E-state index contributed by atoms with van der Waals surface area (Å²) in [4.78, 5) is 21.6. The lowest BCUT2D eigenvalue weighted by molar-refractivity contribution is -0.0122. The van der Waals surface area contributed by atoms with Gasteiger partial charge in [-0.1, -0.05) is 0 Å². The molecule has 0 spiro atoms. The Hall–Kier alpha value is -4.06. The number of ether oxygens (including phenoxy) is 3. The predicted molar refractivity (Wildman–Crippen MR) is 162 cm³/mol. The van der Waals surface area contributed by atoms with Crippen LogP contribution in [0.15, 0.2) is 55.0 Å². The Balaban J connectivity index is 1.03. The van der Waals surface area contributed by atoms with Crippen LogP contribution in [0.4, 0.5) is 11.6 Å². The molecule has 7 heterocycles. The van der Waals surface area contributed by atoms with Crippen molar-refractivity contribution < 1.29 is 19.0 Å². The monoisotopic (exact) mass is 583 g/mol. The molecule has 1 amide bonds. The highest BCUT2D eigenvalue weighted by atomic mass is 16.5. The zero-order valence-corrected chi connectivity index (χ0v) is 24.3. The van der Waals surface area contributed by atoms with E-state index in [0.717, 1.165) is 80.2 Å². The number of carbonyl (C=O) groups excluding carboxylic acids is 1. The lowest BCUT2D eigenvalue weighted by Gasteiger charge is -2.40.